The fourth-order valence-electron chi connectivity index (χ4n) is 2.29. The van der Waals surface area contributed by atoms with E-state index in [9.17, 15) is 5.11 Å². The van der Waals surface area contributed by atoms with Gasteiger partial charge < -0.3 is 14.6 Å². The summed E-state index contributed by atoms with van der Waals surface area (Å²) < 4.78 is 11.4. The van der Waals surface area contributed by atoms with Crippen molar-refractivity contribution in [2.75, 3.05) is 0 Å². The first-order chi connectivity index (χ1) is 6.12. The van der Waals surface area contributed by atoms with Gasteiger partial charge in [0.2, 0.25) is 0 Å². The summed E-state index contributed by atoms with van der Waals surface area (Å²) in [6.45, 7) is 4.07. The highest BCUT2D eigenvalue weighted by molar-refractivity contribution is 4.90. The van der Waals surface area contributed by atoms with Gasteiger partial charge in [-0.3, -0.25) is 0 Å². The number of hydrogen-bond acceptors (Lipinski definition) is 3. The fraction of sp³-hybridized carbons (Fsp3) is 1.00. The summed E-state index contributed by atoms with van der Waals surface area (Å²) in [6.07, 6.45) is 3.56. The third kappa shape index (κ3) is 1.60. The zero-order valence-electron chi connectivity index (χ0n) is 8.32. The molecule has 1 N–H and O–H groups in total. The van der Waals surface area contributed by atoms with Crippen molar-refractivity contribution in [3.63, 3.8) is 0 Å². The van der Waals surface area contributed by atoms with Crippen LogP contribution in [0, 0.1) is 0 Å². The molecule has 2 aliphatic rings. The van der Waals surface area contributed by atoms with Gasteiger partial charge in [-0.1, -0.05) is 0 Å². The highest BCUT2D eigenvalue weighted by Crippen LogP contribution is 2.40. The van der Waals surface area contributed by atoms with Gasteiger partial charge in [0.1, 0.15) is 6.10 Å². The average Bonchev–Trinajstić information content (AvgIpc) is 2.42. The molecular formula is C10H18O3. The lowest BCUT2D eigenvalue weighted by atomic mass is 9.96. The van der Waals surface area contributed by atoms with E-state index in [-0.39, 0.29) is 12.2 Å². The molecule has 0 aromatic carbocycles. The molecule has 2 heterocycles. The quantitative estimate of drug-likeness (QED) is 0.622. The summed E-state index contributed by atoms with van der Waals surface area (Å²) in [7, 11) is 0. The molecule has 2 rings (SSSR count). The maximum atomic E-state index is 9.84. The molecule has 0 aliphatic carbocycles. The topological polar surface area (TPSA) is 38.7 Å². The van der Waals surface area contributed by atoms with E-state index in [1.807, 2.05) is 13.8 Å². The SMILES string of the molecule is CC1CCC(O)C2(CCC(C)O2)O1. The molecule has 2 saturated heterocycles. The maximum absolute atomic E-state index is 9.84. The van der Waals surface area contributed by atoms with Crippen LogP contribution < -0.4 is 0 Å². The molecule has 13 heavy (non-hydrogen) atoms. The Morgan fingerprint density at radius 2 is 1.69 bits per heavy atom. The van der Waals surface area contributed by atoms with Crippen LogP contribution in [0.15, 0.2) is 0 Å². The molecule has 1 spiro atoms. The minimum Gasteiger partial charge on any atom is -0.388 e. The van der Waals surface area contributed by atoms with E-state index in [1.165, 1.54) is 0 Å². The van der Waals surface area contributed by atoms with Crippen molar-refractivity contribution in [1.29, 1.82) is 0 Å². The van der Waals surface area contributed by atoms with Crippen molar-refractivity contribution >= 4 is 0 Å². The Hall–Kier alpha value is -0.120. The Morgan fingerprint density at radius 1 is 1.08 bits per heavy atom. The maximum Gasteiger partial charge on any atom is 0.195 e. The van der Waals surface area contributed by atoms with Gasteiger partial charge in [-0.2, -0.15) is 0 Å². The molecular weight excluding hydrogens is 168 g/mol. The van der Waals surface area contributed by atoms with Gasteiger partial charge in [-0.15, -0.1) is 0 Å². The van der Waals surface area contributed by atoms with E-state index < -0.39 is 11.9 Å². The van der Waals surface area contributed by atoms with E-state index in [0.717, 1.165) is 25.7 Å². The smallest absolute Gasteiger partial charge is 0.195 e. The van der Waals surface area contributed by atoms with Crippen molar-refractivity contribution < 1.29 is 14.6 Å². The molecule has 4 unspecified atom stereocenters. The minimum atomic E-state index is -0.670. The average molecular weight is 186 g/mol. The first kappa shape index (κ1) is 9.44. The Balaban J connectivity index is 2.10. The fourth-order valence-corrected chi connectivity index (χ4v) is 2.29. The monoisotopic (exact) mass is 186 g/mol. The van der Waals surface area contributed by atoms with Crippen LogP contribution in [0.1, 0.15) is 39.5 Å². The molecule has 0 aromatic heterocycles. The van der Waals surface area contributed by atoms with Gasteiger partial charge in [0, 0.05) is 6.42 Å². The summed E-state index contributed by atoms with van der Waals surface area (Å²) in [5, 5.41) is 9.84. The highest BCUT2D eigenvalue weighted by Gasteiger charge is 2.49. The Bertz CT molecular complexity index is 195. The Kier molecular flexibility index (Phi) is 2.34. The first-order valence-electron chi connectivity index (χ1n) is 5.16. The van der Waals surface area contributed by atoms with Gasteiger partial charge in [-0.25, -0.2) is 0 Å². The number of aliphatic hydroxyl groups is 1. The lowest BCUT2D eigenvalue weighted by Gasteiger charge is -2.40. The van der Waals surface area contributed by atoms with Crippen LogP contribution in [0.25, 0.3) is 0 Å². The lowest BCUT2D eigenvalue weighted by Crippen LogP contribution is -2.50. The van der Waals surface area contributed by atoms with Gasteiger partial charge in [-0.05, 0) is 33.1 Å². The molecule has 3 nitrogen and oxygen atoms in total. The zero-order chi connectivity index (χ0) is 9.47. The van der Waals surface area contributed by atoms with E-state index in [0.29, 0.717) is 0 Å². The second-order valence-electron chi connectivity index (χ2n) is 4.30. The van der Waals surface area contributed by atoms with Crippen LogP contribution in [0.5, 0.6) is 0 Å². The number of hydrogen-bond donors (Lipinski definition) is 1. The van der Waals surface area contributed by atoms with Crippen molar-refractivity contribution in [3.8, 4) is 0 Å². The van der Waals surface area contributed by atoms with Crippen LogP contribution in [0.2, 0.25) is 0 Å². The second-order valence-corrected chi connectivity index (χ2v) is 4.30. The molecule has 0 bridgehead atoms. The standard InChI is InChI=1S/C10H18O3/c1-7-3-4-9(11)10(12-7)6-5-8(2)13-10/h7-9,11H,3-6H2,1-2H3. The second kappa shape index (κ2) is 3.23. The Morgan fingerprint density at radius 3 is 2.23 bits per heavy atom. The molecule has 76 valence electrons. The molecule has 3 heteroatoms. The molecule has 0 aromatic rings. The van der Waals surface area contributed by atoms with Crippen LogP contribution in [0.4, 0.5) is 0 Å². The highest BCUT2D eigenvalue weighted by atomic mass is 16.7. The predicted octanol–water partition coefficient (Wildman–Crippen LogP) is 1.44. The lowest BCUT2D eigenvalue weighted by molar-refractivity contribution is -0.307. The summed E-state index contributed by atoms with van der Waals surface area (Å²) in [6, 6.07) is 0. The van der Waals surface area contributed by atoms with E-state index >= 15 is 0 Å². The molecule has 0 radical (unpaired) electrons. The molecule has 2 aliphatic heterocycles. The van der Waals surface area contributed by atoms with Crippen LogP contribution in [-0.2, 0) is 9.47 Å². The van der Waals surface area contributed by atoms with Gasteiger partial charge in [0.25, 0.3) is 0 Å². The third-order valence-corrected chi connectivity index (χ3v) is 3.05. The largest absolute Gasteiger partial charge is 0.388 e. The van der Waals surface area contributed by atoms with E-state index in [2.05, 4.69) is 0 Å². The van der Waals surface area contributed by atoms with Crippen molar-refractivity contribution in [2.45, 2.75) is 63.6 Å². The van der Waals surface area contributed by atoms with Crippen LogP contribution in [-0.4, -0.2) is 29.2 Å². The summed E-state index contributed by atoms with van der Waals surface area (Å²) >= 11 is 0. The van der Waals surface area contributed by atoms with Gasteiger partial charge >= 0.3 is 0 Å². The van der Waals surface area contributed by atoms with Crippen molar-refractivity contribution in [1.82, 2.24) is 0 Å². The van der Waals surface area contributed by atoms with Crippen LogP contribution in [0.3, 0.4) is 0 Å². The molecule has 2 fully saturated rings. The van der Waals surface area contributed by atoms with Gasteiger partial charge in [0.15, 0.2) is 5.79 Å². The number of ether oxygens (including phenoxy) is 2. The first-order valence-corrected chi connectivity index (χ1v) is 5.16. The number of aliphatic hydroxyl groups excluding tert-OH is 1. The number of rotatable bonds is 0. The summed E-state index contributed by atoms with van der Waals surface area (Å²) in [4.78, 5) is 0. The van der Waals surface area contributed by atoms with Gasteiger partial charge in [0.05, 0.1) is 12.2 Å². The third-order valence-electron chi connectivity index (χ3n) is 3.05. The summed E-state index contributed by atoms with van der Waals surface area (Å²) in [5.41, 5.74) is 0. The summed E-state index contributed by atoms with van der Waals surface area (Å²) in [5.74, 6) is -0.670. The van der Waals surface area contributed by atoms with E-state index in [1.54, 1.807) is 0 Å². The normalized spacial score (nSPS) is 51.5. The molecule has 0 amide bonds. The molecule has 4 atom stereocenters. The predicted molar refractivity (Wildman–Crippen MR) is 48.3 cm³/mol. The van der Waals surface area contributed by atoms with Crippen molar-refractivity contribution in [3.05, 3.63) is 0 Å². The van der Waals surface area contributed by atoms with E-state index in [4.69, 9.17) is 9.47 Å². The Labute approximate surface area is 79.0 Å². The minimum absolute atomic E-state index is 0.216. The zero-order valence-corrected chi connectivity index (χ0v) is 8.32. The van der Waals surface area contributed by atoms with Crippen molar-refractivity contribution in [2.24, 2.45) is 0 Å². The molecule has 0 saturated carbocycles. The van der Waals surface area contributed by atoms with Crippen LogP contribution >= 0.6 is 0 Å².